The minimum atomic E-state index is -1.00. The standard InChI is InChI=1S/C16H23NO4/c1-3-21-15(19)17-10-8-16(20,9-11-17)14-7-5-4-6-13(14)12(2)18/h4-7,12,18,20H,3,8-11H2,1-2H3. The number of hydrogen-bond acceptors (Lipinski definition) is 4. The Hall–Kier alpha value is -1.59. The molecule has 0 saturated carbocycles. The summed E-state index contributed by atoms with van der Waals surface area (Å²) in [5.41, 5.74) is 0.490. The molecule has 1 unspecified atom stereocenters. The van der Waals surface area contributed by atoms with Crippen LogP contribution in [-0.4, -0.2) is 40.9 Å². The zero-order chi connectivity index (χ0) is 15.5. The van der Waals surface area contributed by atoms with Gasteiger partial charge in [0.15, 0.2) is 0 Å². The monoisotopic (exact) mass is 293 g/mol. The predicted octanol–water partition coefficient (Wildman–Crippen LogP) is 2.18. The Kier molecular flexibility index (Phi) is 4.85. The van der Waals surface area contributed by atoms with Gasteiger partial charge in [-0.25, -0.2) is 4.79 Å². The third-order valence-electron chi connectivity index (χ3n) is 4.03. The first-order chi connectivity index (χ1) is 9.98. The van der Waals surface area contributed by atoms with Gasteiger partial charge in [-0.2, -0.15) is 0 Å². The van der Waals surface area contributed by atoms with Gasteiger partial charge in [-0.1, -0.05) is 24.3 Å². The lowest BCUT2D eigenvalue weighted by atomic mass is 9.81. The van der Waals surface area contributed by atoms with Crippen molar-refractivity contribution in [3.05, 3.63) is 35.4 Å². The summed E-state index contributed by atoms with van der Waals surface area (Å²) in [7, 11) is 0. The molecule has 5 nitrogen and oxygen atoms in total. The first-order valence-electron chi connectivity index (χ1n) is 7.39. The Morgan fingerprint density at radius 2 is 2.00 bits per heavy atom. The maximum atomic E-state index is 11.7. The van der Waals surface area contributed by atoms with Gasteiger partial charge in [-0.05, 0) is 37.8 Å². The normalized spacial score (nSPS) is 19.1. The second-order valence-electron chi connectivity index (χ2n) is 5.48. The summed E-state index contributed by atoms with van der Waals surface area (Å²) in [4.78, 5) is 13.3. The van der Waals surface area contributed by atoms with Gasteiger partial charge < -0.3 is 19.8 Å². The van der Waals surface area contributed by atoms with Crippen LogP contribution in [0.4, 0.5) is 4.79 Å². The SMILES string of the molecule is CCOC(=O)N1CCC(O)(c2ccccc2C(C)O)CC1. The number of amides is 1. The van der Waals surface area contributed by atoms with Gasteiger partial charge >= 0.3 is 6.09 Å². The highest BCUT2D eigenvalue weighted by Crippen LogP contribution is 2.36. The van der Waals surface area contributed by atoms with Crippen molar-refractivity contribution in [2.24, 2.45) is 0 Å². The number of aliphatic hydroxyl groups excluding tert-OH is 1. The van der Waals surface area contributed by atoms with Crippen LogP contribution in [0.15, 0.2) is 24.3 Å². The number of ether oxygens (including phenoxy) is 1. The fraction of sp³-hybridized carbons (Fsp3) is 0.562. The van der Waals surface area contributed by atoms with Gasteiger partial charge in [0.2, 0.25) is 0 Å². The lowest BCUT2D eigenvalue weighted by Crippen LogP contribution is -2.45. The molecule has 116 valence electrons. The highest BCUT2D eigenvalue weighted by molar-refractivity contribution is 5.67. The summed E-state index contributed by atoms with van der Waals surface area (Å²) >= 11 is 0. The Balaban J connectivity index is 2.14. The molecule has 1 amide bonds. The van der Waals surface area contributed by atoms with Crippen LogP contribution < -0.4 is 0 Å². The van der Waals surface area contributed by atoms with Crippen LogP contribution >= 0.6 is 0 Å². The summed E-state index contributed by atoms with van der Waals surface area (Å²) in [5, 5.41) is 20.8. The van der Waals surface area contributed by atoms with Crippen molar-refractivity contribution in [1.29, 1.82) is 0 Å². The highest BCUT2D eigenvalue weighted by Gasteiger charge is 2.37. The highest BCUT2D eigenvalue weighted by atomic mass is 16.6. The smallest absolute Gasteiger partial charge is 0.409 e. The van der Waals surface area contributed by atoms with Crippen LogP contribution in [0.1, 0.15) is 43.9 Å². The summed E-state index contributed by atoms with van der Waals surface area (Å²) < 4.78 is 4.98. The van der Waals surface area contributed by atoms with E-state index in [-0.39, 0.29) is 6.09 Å². The van der Waals surface area contributed by atoms with E-state index in [9.17, 15) is 15.0 Å². The molecule has 0 bridgehead atoms. The molecule has 2 rings (SSSR count). The number of likely N-dealkylation sites (tertiary alicyclic amines) is 1. The maximum Gasteiger partial charge on any atom is 0.409 e. The van der Waals surface area contributed by atoms with Crippen molar-refractivity contribution in [1.82, 2.24) is 4.90 Å². The Morgan fingerprint density at radius 3 is 2.57 bits per heavy atom. The molecular weight excluding hydrogens is 270 g/mol. The van der Waals surface area contributed by atoms with Gasteiger partial charge in [0.05, 0.1) is 18.3 Å². The number of rotatable bonds is 3. The van der Waals surface area contributed by atoms with E-state index in [1.807, 2.05) is 24.3 Å². The Morgan fingerprint density at radius 1 is 1.38 bits per heavy atom. The first-order valence-corrected chi connectivity index (χ1v) is 7.39. The molecule has 1 aliphatic heterocycles. The summed E-state index contributed by atoms with van der Waals surface area (Å²) in [6.07, 6.45) is -0.0814. The van der Waals surface area contributed by atoms with Crippen LogP contribution in [0.3, 0.4) is 0 Å². The Labute approximate surface area is 125 Å². The van der Waals surface area contributed by atoms with E-state index in [1.54, 1.807) is 18.7 Å². The van der Waals surface area contributed by atoms with Crippen molar-refractivity contribution in [2.75, 3.05) is 19.7 Å². The molecule has 0 aliphatic carbocycles. The van der Waals surface area contributed by atoms with Crippen LogP contribution in [0.25, 0.3) is 0 Å². The van der Waals surface area contributed by atoms with Gasteiger partial charge in [0, 0.05) is 13.1 Å². The predicted molar refractivity (Wildman–Crippen MR) is 78.8 cm³/mol. The number of carbonyl (C=O) groups excluding carboxylic acids is 1. The largest absolute Gasteiger partial charge is 0.450 e. The molecule has 1 aromatic carbocycles. The zero-order valence-corrected chi connectivity index (χ0v) is 12.6. The van der Waals surface area contributed by atoms with E-state index in [2.05, 4.69) is 0 Å². The zero-order valence-electron chi connectivity index (χ0n) is 12.6. The molecule has 5 heteroatoms. The van der Waals surface area contributed by atoms with E-state index >= 15 is 0 Å². The fourth-order valence-electron chi connectivity index (χ4n) is 2.83. The van der Waals surface area contributed by atoms with Crippen molar-refractivity contribution in [3.63, 3.8) is 0 Å². The van der Waals surface area contributed by atoms with Crippen molar-refractivity contribution in [2.45, 2.75) is 38.4 Å². The van der Waals surface area contributed by atoms with Gasteiger partial charge in [0.1, 0.15) is 0 Å². The van der Waals surface area contributed by atoms with Crippen LogP contribution in [-0.2, 0) is 10.3 Å². The molecule has 1 saturated heterocycles. The fourth-order valence-corrected chi connectivity index (χ4v) is 2.83. The molecule has 1 atom stereocenters. The average Bonchev–Trinajstić information content (AvgIpc) is 2.48. The lowest BCUT2D eigenvalue weighted by Gasteiger charge is -2.39. The van der Waals surface area contributed by atoms with Gasteiger partial charge in [-0.3, -0.25) is 0 Å². The molecular formula is C16H23NO4. The Bertz CT molecular complexity index is 493. The van der Waals surface area contributed by atoms with Crippen molar-refractivity contribution in [3.8, 4) is 0 Å². The molecule has 0 spiro atoms. The third kappa shape index (κ3) is 3.36. The second kappa shape index (κ2) is 6.45. The van der Waals surface area contributed by atoms with E-state index in [1.165, 1.54) is 0 Å². The number of benzene rings is 1. The molecule has 2 N–H and O–H groups in total. The minimum absolute atomic E-state index is 0.330. The quantitative estimate of drug-likeness (QED) is 0.896. The molecule has 1 heterocycles. The molecule has 0 aromatic heterocycles. The average molecular weight is 293 g/mol. The van der Waals surface area contributed by atoms with Crippen LogP contribution in [0, 0.1) is 0 Å². The van der Waals surface area contributed by atoms with Gasteiger partial charge in [0.25, 0.3) is 0 Å². The lowest BCUT2D eigenvalue weighted by molar-refractivity contribution is -0.0263. The van der Waals surface area contributed by atoms with E-state index in [4.69, 9.17) is 4.74 Å². The van der Waals surface area contributed by atoms with Gasteiger partial charge in [-0.15, -0.1) is 0 Å². The van der Waals surface area contributed by atoms with Crippen LogP contribution in [0.2, 0.25) is 0 Å². The summed E-state index contributed by atoms with van der Waals surface area (Å²) in [6, 6.07) is 7.39. The number of carbonyl (C=O) groups is 1. The van der Waals surface area contributed by atoms with Crippen molar-refractivity contribution >= 4 is 6.09 Å². The number of nitrogens with zero attached hydrogens (tertiary/aromatic N) is 1. The third-order valence-corrected chi connectivity index (χ3v) is 4.03. The molecule has 1 aromatic rings. The minimum Gasteiger partial charge on any atom is -0.450 e. The van der Waals surface area contributed by atoms with Crippen LogP contribution in [0.5, 0.6) is 0 Å². The maximum absolute atomic E-state index is 11.7. The molecule has 0 radical (unpaired) electrons. The summed E-state index contributed by atoms with van der Waals surface area (Å²) in [5.74, 6) is 0. The summed E-state index contributed by atoms with van der Waals surface area (Å²) in [6.45, 7) is 4.71. The molecule has 1 aliphatic rings. The molecule has 1 fully saturated rings. The first kappa shape index (κ1) is 15.8. The van der Waals surface area contributed by atoms with E-state index in [0.29, 0.717) is 32.5 Å². The number of aliphatic hydroxyl groups is 2. The van der Waals surface area contributed by atoms with Crippen molar-refractivity contribution < 1.29 is 19.7 Å². The topological polar surface area (TPSA) is 70.0 Å². The number of piperidine rings is 1. The number of hydrogen-bond donors (Lipinski definition) is 2. The molecule has 21 heavy (non-hydrogen) atoms. The van der Waals surface area contributed by atoms with E-state index in [0.717, 1.165) is 11.1 Å². The van der Waals surface area contributed by atoms with E-state index < -0.39 is 11.7 Å². The second-order valence-corrected chi connectivity index (χ2v) is 5.48.